The predicted molar refractivity (Wildman–Crippen MR) is 90.6 cm³/mol. The maximum absolute atomic E-state index is 11.3. The van der Waals surface area contributed by atoms with E-state index in [0.717, 1.165) is 16.7 Å². The second-order valence-corrected chi connectivity index (χ2v) is 8.19. The standard InChI is InChI=1S/C19H30O3/c1-8-13(17(21)22)9-12-10-14(18(2,3)4)16(20)15(11-12)19(5,6)7/h10-11,13,20H,8-9H2,1-7H3,(H,21,22). The van der Waals surface area contributed by atoms with Crippen LogP contribution in [-0.2, 0) is 22.0 Å². The molecule has 124 valence electrons. The summed E-state index contributed by atoms with van der Waals surface area (Å²) in [7, 11) is 0. The van der Waals surface area contributed by atoms with Gasteiger partial charge in [-0.2, -0.15) is 0 Å². The average Bonchev–Trinajstić information content (AvgIpc) is 2.34. The van der Waals surface area contributed by atoms with E-state index in [9.17, 15) is 15.0 Å². The lowest BCUT2D eigenvalue weighted by molar-refractivity contribution is -0.141. The van der Waals surface area contributed by atoms with Gasteiger partial charge in [0.15, 0.2) is 0 Å². The molecule has 3 nitrogen and oxygen atoms in total. The quantitative estimate of drug-likeness (QED) is 0.852. The minimum Gasteiger partial charge on any atom is -0.507 e. The highest BCUT2D eigenvalue weighted by Gasteiger charge is 2.27. The van der Waals surface area contributed by atoms with Gasteiger partial charge in [-0.05, 0) is 40.4 Å². The van der Waals surface area contributed by atoms with Crippen LogP contribution in [0.4, 0.5) is 0 Å². The van der Waals surface area contributed by atoms with Crippen molar-refractivity contribution in [3.8, 4) is 5.75 Å². The van der Waals surface area contributed by atoms with Gasteiger partial charge >= 0.3 is 5.97 Å². The van der Waals surface area contributed by atoms with Crippen LogP contribution in [0, 0.1) is 5.92 Å². The van der Waals surface area contributed by atoms with Gasteiger partial charge in [-0.25, -0.2) is 0 Å². The van der Waals surface area contributed by atoms with E-state index < -0.39 is 5.97 Å². The van der Waals surface area contributed by atoms with Crippen LogP contribution in [0.15, 0.2) is 12.1 Å². The third-order valence-corrected chi connectivity index (χ3v) is 4.11. The Labute approximate surface area is 134 Å². The van der Waals surface area contributed by atoms with Crippen molar-refractivity contribution in [2.24, 2.45) is 5.92 Å². The molecular weight excluding hydrogens is 276 g/mol. The first-order valence-corrected chi connectivity index (χ1v) is 7.97. The fourth-order valence-electron chi connectivity index (χ4n) is 2.65. The summed E-state index contributed by atoms with van der Waals surface area (Å²) >= 11 is 0. The third kappa shape index (κ3) is 4.25. The highest BCUT2D eigenvalue weighted by molar-refractivity contribution is 5.70. The molecule has 0 aromatic heterocycles. The van der Waals surface area contributed by atoms with Crippen molar-refractivity contribution in [2.45, 2.75) is 72.1 Å². The highest BCUT2D eigenvalue weighted by Crippen LogP contribution is 2.40. The molecule has 3 heteroatoms. The van der Waals surface area contributed by atoms with E-state index in [1.807, 2.05) is 19.1 Å². The third-order valence-electron chi connectivity index (χ3n) is 4.11. The van der Waals surface area contributed by atoms with Crippen LogP contribution in [0.25, 0.3) is 0 Å². The predicted octanol–water partition coefficient (Wildman–Crippen LogP) is 4.64. The Bertz CT molecular complexity index is 510. The monoisotopic (exact) mass is 306 g/mol. The molecule has 0 saturated carbocycles. The first-order valence-electron chi connectivity index (χ1n) is 7.97. The molecule has 0 aliphatic heterocycles. The Morgan fingerprint density at radius 3 is 1.73 bits per heavy atom. The van der Waals surface area contributed by atoms with Gasteiger partial charge < -0.3 is 10.2 Å². The zero-order valence-electron chi connectivity index (χ0n) is 14.9. The number of benzene rings is 1. The maximum Gasteiger partial charge on any atom is 0.306 e. The largest absolute Gasteiger partial charge is 0.507 e. The molecule has 0 saturated heterocycles. The van der Waals surface area contributed by atoms with Crippen LogP contribution in [0.3, 0.4) is 0 Å². The molecule has 0 bridgehead atoms. The summed E-state index contributed by atoms with van der Waals surface area (Å²) in [5, 5.41) is 20.0. The fourth-order valence-corrected chi connectivity index (χ4v) is 2.65. The van der Waals surface area contributed by atoms with Crippen molar-refractivity contribution in [2.75, 3.05) is 0 Å². The van der Waals surface area contributed by atoms with Crippen molar-refractivity contribution in [1.82, 2.24) is 0 Å². The first-order chi connectivity index (χ1) is 9.87. The van der Waals surface area contributed by atoms with E-state index in [0.29, 0.717) is 18.6 Å². The van der Waals surface area contributed by atoms with E-state index in [4.69, 9.17) is 0 Å². The number of aliphatic carboxylic acids is 1. The van der Waals surface area contributed by atoms with E-state index in [2.05, 4.69) is 41.5 Å². The molecule has 1 unspecified atom stereocenters. The van der Waals surface area contributed by atoms with Crippen LogP contribution in [0.1, 0.15) is 71.6 Å². The normalized spacial score (nSPS) is 14.0. The Hall–Kier alpha value is -1.51. The molecule has 0 aliphatic rings. The number of carbonyl (C=O) groups is 1. The Kier molecular flexibility index (Phi) is 5.32. The number of phenols is 1. The van der Waals surface area contributed by atoms with Gasteiger partial charge in [0.2, 0.25) is 0 Å². The van der Waals surface area contributed by atoms with Gasteiger partial charge in [0.25, 0.3) is 0 Å². The maximum atomic E-state index is 11.3. The molecule has 1 aromatic carbocycles. The second kappa shape index (κ2) is 6.31. The SMILES string of the molecule is CCC(Cc1cc(C(C)(C)C)c(O)c(C(C)(C)C)c1)C(=O)O. The van der Waals surface area contributed by atoms with Gasteiger partial charge in [-0.3, -0.25) is 4.79 Å². The zero-order valence-corrected chi connectivity index (χ0v) is 14.9. The number of phenolic OH excluding ortho intramolecular Hbond substituents is 1. The number of hydrogen-bond acceptors (Lipinski definition) is 2. The van der Waals surface area contributed by atoms with Crippen molar-refractivity contribution in [3.63, 3.8) is 0 Å². The Morgan fingerprint density at radius 1 is 1.05 bits per heavy atom. The number of carboxylic acid groups (broad SMARTS) is 1. The van der Waals surface area contributed by atoms with E-state index >= 15 is 0 Å². The van der Waals surface area contributed by atoms with Gasteiger partial charge in [-0.1, -0.05) is 60.6 Å². The van der Waals surface area contributed by atoms with Crippen molar-refractivity contribution in [1.29, 1.82) is 0 Å². The van der Waals surface area contributed by atoms with Crippen LogP contribution in [0.5, 0.6) is 5.75 Å². The lowest BCUT2D eigenvalue weighted by Gasteiger charge is -2.28. The Morgan fingerprint density at radius 2 is 1.45 bits per heavy atom. The van der Waals surface area contributed by atoms with E-state index in [-0.39, 0.29) is 16.7 Å². The second-order valence-electron chi connectivity index (χ2n) is 8.19. The minimum atomic E-state index is -0.759. The molecule has 1 aromatic rings. The molecule has 0 spiro atoms. The molecule has 2 N–H and O–H groups in total. The lowest BCUT2D eigenvalue weighted by Crippen LogP contribution is -2.20. The smallest absolute Gasteiger partial charge is 0.306 e. The molecule has 1 atom stereocenters. The van der Waals surface area contributed by atoms with Crippen LogP contribution in [-0.4, -0.2) is 16.2 Å². The van der Waals surface area contributed by atoms with Crippen LogP contribution in [0.2, 0.25) is 0 Å². The zero-order chi connectivity index (χ0) is 17.3. The summed E-state index contributed by atoms with van der Waals surface area (Å²) in [6.45, 7) is 14.3. The number of aromatic hydroxyl groups is 1. The molecule has 0 radical (unpaired) electrons. The van der Waals surface area contributed by atoms with Gasteiger partial charge in [0.1, 0.15) is 5.75 Å². The molecular formula is C19H30O3. The summed E-state index contributed by atoms with van der Waals surface area (Å²) in [5.41, 5.74) is 2.38. The molecule has 22 heavy (non-hydrogen) atoms. The summed E-state index contributed by atoms with van der Waals surface area (Å²) in [4.78, 5) is 11.3. The number of carboxylic acids is 1. The van der Waals surface area contributed by atoms with E-state index in [1.54, 1.807) is 0 Å². The summed E-state index contributed by atoms with van der Waals surface area (Å²) < 4.78 is 0. The molecule has 1 rings (SSSR count). The highest BCUT2D eigenvalue weighted by atomic mass is 16.4. The molecule has 0 heterocycles. The van der Waals surface area contributed by atoms with Crippen LogP contribution >= 0.6 is 0 Å². The minimum absolute atomic E-state index is 0.189. The van der Waals surface area contributed by atoms with Crippen LogP contribution < -0.4 is 0 Å². The Balaban J connectivity index is 3.44. The summed E-state index contributed by atoms with van der Waals surface area (Å²) in [5.74, 6) is -0.803. The molecule has 0 aliphatic carbocycles. The molecule has 0 fully saturated rings. The topological polar surface area (TPSA) is 57.5 Å². The number of rotatable bonds is 4. The molecule has 0 amide bonds. The van der Waals surface area contributed by atoms with Crippen molar-refractivity contribution < 1.29 is 15.0 Å². The fraction of sp³-hybridized carbons (Fsp3) is 0.632. The van der Waals surface area contributed by atoms with Gasteiger partial charge in [-0.15, -0.1) is 0 Å². The first kappa shape index (κ1) is 18.5. The average molecular weight is 306 g/mol. The van der Waals surface area contributed by atoms with Gasteiger partial charge in [0.05, 0.1) is 5.92 Å². The van der Waals surface area contributed by atoms with Crippen molar-refractivity contribution >= 4 is 5.97 Å². The summed E-state index contributed by atoms with van der Waals surface area (Å²) in [6, 6.07) is 3.94. The number of hydrogen-bond donors (Lipinski definition) is 2. The lowest BCUT2D eigenvalue weighted by atomic mass is 9.77. The van der Waals surface area contributed by atoms with E-state index in [1.165, 1.54) is 0 Å². The van der Waals surface area contributed by atoms with Gasteiger partial charge in [0, 0.05) is 0 Å². The van der Waals surface area contributed by atoms with Crippen molar-refractivity contribution in [3.05, 3.63) is 28.8 Å². The summed E-state index contributed by atoms with van der Waals surface area (Å²) in [6.07, 6.45) is 1.10.